The highest BCUT2D eigenvalue weighted by Crippen LogP contribution is 2.21. The number of nitrogens with one attached hydrogen (secondary N) is 1. The molecule has 2 aromatic rings. The SMILES string of the molecule is CCC(CC)n1ccc(CC(NC)c2cncc(Br)c2)n1. The van der Waals surface area contributed by atoms with Gasteiger partial charge in [0.25, 0.3) is 0 Å². The number of halogens is 1. The minimum atomic E-state index is 0.222. The summed E-state index contributed by atoms with van der Waals surface area (Å²) in [4.78, 5) is 4.24. The minimum Gasteiger partial charge on any atom is -0.313 e. The van der Waals surface area contributed by atoms with Crippen molar-refractivity contribution in [1.82, 2.24) is 20.1 Å². The molecular weight excluding hydrogens is 328 g/mol. The third-order valence-electron chi connectivity index (χ3n) is 3.87. The maximum absolute atomic E-state index is 4.73. The average molecular weight is 351 g/mol. The zero-order valence-electron chi connectivity index (χ0n) is 12.9. The summed E-state index contributed by atoms with van der Waals surface area (Å²) in [5.41, 5.74) is 2.28. The molecule has 2 rings (SSSR count). The van der Waals surface area contributed by atoms with Crippen molar-refractivity contribution in [2.75, 3.05) is 7.05 Å². The molecule has 1 unspecified atom stereocenters. The van der Waals surface area contributed by atoms with E-state index in [0.717, 1.165) is 29.4 Å². The summed E-state index contributed by atoms with van der Waals surface area (Å²) in [5.74, 6) is 0. The van der Waals surface area contributed by atoms with E-state index in [1.807, 2.05) is 13.2 Å². The van der Waals surface area contributed by atoms with E-state index in [2.05, 4.69) is 63.1 Å². The maximum Gasteiger partial charge on any atom is 0.0643 e. The van der Waals surface area contributed by atoms with Crippen molar-refractivity contribution in [2.45, 2.75) is 45.2 Å². The van der Waals surface area contributed by atoms with Gasteiger partial charge in [0.2, 0.25) is 0 Å². The molecular formula is C16H23BrN4. The largest absolute Gasteiger partial charge is 0.313 e. The van der Waals surface area contributed by atoms with Gasteiger partial charge in [-0.2, -0.15) is 5.10 Å². The molecule has 4 nitrogen and oxygen atoms in total. The van der Waals surface area contributed by atoms with Crippen molar-refractivity contribution in [3.8, 4) is 0 Å². The van der Waals surface area contributed by atoms with E-state index in [-0.39, 0.29) is 6.04 Å². The lowest BCUT2D eigenvalue weighted by molar-refractivity contribution is 0.423. The van der Waals surface area contributed by atoms with Gasteiger partial charge in [-0.25, -0.2) is 0 Å². The van der Waals surface area contributed by atoms with Crippen LogP contribution in [0.2, 0.25) is 0 Å². The van der Waals surface area contributed by atoms with E-state index in [1.165, 1.54) is 5.56 Å². The summed E-state index contributed by atoms with van der Waals surface area (Å²) in [6.07, 6.45) is 8.90. The second-order valence-corrected chi connectivity index (χ2v) is 6.15. The van der Waals surface area contributed by atoms with Crippen LogP contribution in [0, 0.1) is 0 Å². The van der Waals surface area contributed by atoms with Gasteiger partial charge >= 0.3 is 0 Å². The number of likely N-dealkylation sites (N-methyl/N-ethyl adjacent to an activating group) is 1. The zero-order chi connectivity index (χ0) is 15.2. The highest BCUT2D eigenvalue weighted by atomic mass is 79.9. The molecule has 0 aromatic carbocycles. The Balaban J connectivity index is 2.12. The molecule has 0 radical (unpaired) electrons. The fourth-order valence-electron chi connectivity index (χ4n) is 2.57. The maximum atomic E-state index is 4.73. The Morgan fingerprint density at radius 1 is 1.29 bits per heavy atom. The summed E-state index contributed by atoms with van der Waals surface area (Å²) in [7, 11) is 1.98. The van der Waals surface area contributed by atoms with E-state index < -0.39 is 0 Å². The molecule has 0 saturated heterocycles. The fraction of sp³-hybridized carbons (Fsp3) is 0.500. The zero-order valence-corrected chi connectivity index (χ0v) is 14.5. The molecule has 0 amide bonds. The summed E-state index contributed by atoms with van der Waals surface area (Å²) in [5, 5.41) is 8.08. The van der Waals surface area contributed by atoms with E-state index in [0.29, 0.717) is 6.04 Å². The first-order valence-electron chi connectivity index (χ1n) is 7.49. The second kappa shape index (κ2) is 7.71. The van der Waals surface area contributed by atoms with Crippen LogP contribution in [-0.2, 0) is 6.42 Å². The van der Waals surface area contributed by atoms with Gasteiger partial charge in [-0.05, 0) is 53.5 Å². The number of hydrogen-bond acceptors (Lipinski definition) is 3. The Labute approximate surface area is 135 Å². The first kappa shape index (κ1) is 16.2. The number of aromatic nitrogens is 3. The van der Waals surface area contributed by atoms with Crippen LogP contribution in [0.1, 0.15) is 50.0 Å². The number of pyridine rings is 1. The van der Waals surface area contributed by atoms with E-state index >= 15 is 0 Å². The van der Waals surface area contributed by atoms with Crippen molar-refractivity contribution in [2.24, 2.45) is 0 Å². The molecule has 2 aromatic heterocycles. The van der Waals surface area contributed by atoms with Crippen molar-refractivity contribution in [3.63, 3.8) is 0 Å². The van der Waals surface area contributed by atoms with Crippen molar-refractivity contribution in [3.05, 3.63) is 46.5 Å². The lowest BCUT2D eigenvalue weighted by atomic mass is 10.0. The first-order valence-corrected chi connectivity index (χ1v) is 8.28. The summed E-state index contributed by atoms with van der Waals surface area (Å²) < 4.78 is 3.10. The lowest BCUT2D eigenvalue weighted by Crippen LogP contribution is -2.19. The van der Waals surface area contributed by atoms with Crippen LogP contribution in [0.25, 0.3) is 0 Å². The lowest BCUT2D eigenvalue weighted by Gasteiger charge is -2.16. The van der Waals surface area contributed by atoms with Gasteiger partial charge in [0, 0.05) is 35.5 Å². The molecule has 1 N–H and O–H groups in total. The Morgan fingerprint density at radius 2 is 2.05 bits per heavy atom. The summed E-state index contributed by atoms with van der Waals surface area (Å²) in [6, 6.07) is 4.94. The van der Waals surface area contributed by atoms with Gasteiger partial charge in [0.1, 0.15) is 0 Å². The quantitative estimate of drug-likeness (QED) is 0.823. The first-order chi connectivity index (χ1) is 10.2. The highest BCUT2D eigenvalue weighted by molar-refractivity contribution is 9.10. The van der Waals surface area contributed by atoms with Gasteiger partial charge in [0.15, 0.2) is 0 Å². The normalized spacial score (nSPS) is 12.8. The van der Waals surface area contributed by atoms with Crippen molar-refractivity contribution in [1.29, 1.82) is 0 Å². The molecule has 0 aliphatic carbocycles. The van der Waals surface area contributed by atoms with Crippen LogP contribution < -0.4 is 5.32 Å². The van der Waals surface area contributed by atoms with E-state index in [9.17, 15) is 0 Å². The van der Waals surface area contributed by atoms with Crippen LogP contribution in [0.15, 0.2) is 35.2 Å². The van der Waals surface area contributed by atoms with Crippen LogP contribution in [0.3, 0.4) is 0 Å². The van der Waals surface area contributed by atoms with Gasteiger partial charge in [-0.15, -0.1) is 0 Å². The molecule has 0 aliphatic heterocycles. The van der Waals surface area contributed by atoms with Gasteiger partial charge in [-0.1, -0.05) is 13.8 Å². The third-order valence-corrected chi connectivity index (χ3v) is 4.30. The van der Waals surface area contributed by atoms with E-state index in [4.69, 9.17) is 5.10 Å². The average Bonchev–Trinajstić information content (AvgIpc) is 2.94. The third kappa shape index (κ3) is 4.14. The Hall–Kier alpha value is -1.20. The minimum absolute atomic E-state index is 0.222. The topological polar surface area (TPSA) is 42.7 Å². The smallest absolute Gasteiger partial charge is 0.0643 e. The summed E-state index contributed by atoms with van der Waals surface area (Å²) in [6.45, 7) is 4.41. The molecule has 2 heterocycles. The second-order valence-electron chi connectivity index (χ2n) is 5.24. The Kier molecular flexibility index (Phi) is 5.94. The molecule has 114 valence electrons. The van der Waals surface area contributed by atoms with Crippen LogP contribution in [0.5, 0.6) is 0 Å². The Bertz CT molecular complexity index is 563. The molecule has 1 atom stereocenters. The summed E-state index contributed by atoms with van der Waals surface area (Å²) >= 11 is 3.48. The predicted molar refractivity (Wildman–Crippen MR) is 89.3 cm³/mol. The van der Waals surface area contributed by atoms with Crippen molar-refractivity contribution < 1.29 is 0 Å². The standard InChI is InChI=1S/C16H23BrN4/c1-4-15(5-2)21-7-6-14(20-21)9-16(18-3)12-8-13(17)11-19-10-12/h6-8,10-11,15-16,18H,4-5,9H2,1-3H3. The highest BCUT2D eigenvalue weighted by Gasteiger charge is 2.14. The van der Waals surface area contributed by atoms with Crippen LogP contribution in [-0.4, -0.2) is 21.8 Å². The Morgan fingerprint density at radius 3 is 2.67 bits per heavy atom. The fourth-order valence-corrected chi connectivity index (χ4v) is 2.95. The molecule has 0 fully saturated rings. The molecule has 5 heteroatoms. The van der Waals surface area contributed by atoms with Gasteiger partial charge < -0.3 is 5.32 Å². The molecule has 0 aliphatic rings. The van der Waals surface area contributed by atoms with Crippen LogP contribution in [0.4, 0.5) is 0 Å². The number of rotatable bonds is 7. The molecule has 0 bridgehead atoms. The molecule has 0 spiro atoms. The number of hydrogen-bond donors (Lipinski definition) is 1. The monoisotopic (exact) mass is 350 g/mol. The number of nitrogens with zero attached hydrogens (tertiary/aromatic N) is 3. The van der Waals surface area contributed by atoms with Gasteiger partial charge in [-0.3, -0.25) is 9.67 Å². The van der Waals surface area contributed by atoms with Gasteiger partial charge in [0.05, 0.1) is 11.7 Å². The van der Waals surface area contributed by atoms with E-state index in [1.54, 1.807) is 6.20 Å². The predicted octanol–water partition coefficient (Wildman–Crippen LogP) is 3.90. The van der Waals surface area contributed by atoms with Crippen molar-refractivity contribution >= 4 is 15.9 Å². The molecule has 0 saturated carbocycles. The van der Waals surface area contributed by atoms with Crippen LogP contribution >= 0.6 is 15.9 Å². The molecule has 21 heavy (non-hydrogen) atoms.